The number of benzene rings is 4. The fourth-order valence-electron chi connectivity index (χ4n) is 4.19. The Kier molecular flexibility index (Phi) is 5.11. The van der Waals surface area contributed by atoms with Crippen molar-refractivity contribution >= 4 is 45.5 Å². The van der Waals surface area contributed by atoms with E-state index in [9.17, 15) is 19.8 Å². The van der Waals surface area contributed by atoms with Crippen LogP contribution < -0.4 is 4.90 Å². The maximum absolute atomic E-state index is 13.2. The minimum atomic E-state index is -0.893. The van der Waals surface area contributed by atoms with Crippen molar-refractivity contribution < 1.29 is 19.8 Å². The SMILES string of the molecule is O=C1C(=O)N(c2cccc(Cl)c2)C(c2ccc(O)cc2)/C1=C(/O)c1ccc2ccccc2c1. The van der Waals surface area contributed by atoms with Crippen LogP contribution in [0.3, 0.4) is 0 Å². The molecular formula is C27H18ClNO4. The second kappa shape index (κ2) is 8.11. The van der Waals surface area contributed by atoms with Gasteiger partial charge < -0.3 is 10.2 Å². The third-order valence-corrected chi connectivity index (χ3v) is 6.00. The van der Waals surface area contributed by atoms with E-state index >= 15 is 0 Å². The molecule has 5 nitrogen and oxygen atoms in total. The first kappa shape index (κ1) is 20.8. The molecule has 1 heterocycles. The molecule has 1 saturated heterocycles. The number of hydrogen-bond acceptors (Lipinski definition) is 4. The summed E-state index contributed by atoms with van der Waals surface area (Å²) in [5.74, 6) is -1.77. The predicted molar refractivity (Wildman–Crippen MR) is 128 cm³/mol. The fraction of sp³-hybridized carbons (Fsp3) is 0.0370. The molecule has 33 heavy (non-hydrogen) atoms. The van der Waals surface area contributed by atoms with Crippen LogP contribution in [-0.4, -0.2) is 21.9 Å². The van der Waals surface area contributed by atoms with Crippen LogP contribution in [0.4, 0.5) is 5.69 Å². The number of aromatic hydroxyl groups is 1. The highest BCUT2D eigenvalue weighted by Gasteiger charge is 2.47. The first-order chi connectivity index (χ1) is 15.9. The van der Waals surface area contributed by atoms with Gasteiger partial charge in [-0.05, 0) is 52.7 Å². The molecule has 1 aliphatic rings. The summed E-state index contributed by atoms with van der Waals surface area (Å²) < 4.78 is 0. The molecule has 6 heteroatoms. The Morgan fingerprint density at radius 2 is 1.55 bits per heavy atom. The van der Waals surface area contributed by atoms with Crippen LogP contribution in [-0.2, 0) is 9.59 Å². The zero-order valence-electron chi connectivity index (χ0n) is 17.3. The summed E-state index contributed by atoms with van der Waals surface area (Å²) in [6.07, 6.45) is 0. The van der Waals surface area contributed by atoms with Crippen molar-refractivity contribution in [3.05, 3.63) is 113 Å². The first-order valence-corrected chi connectivity index (χ1v) is 10.7. The number of Topliss-reactive ketones (excluding diaryl/α,β-unsaturated/α-hetero) is 1. The highest BCUT2D eigenvalue weighted by molar-refractivity contribution is 6.51. The first-order valence-electron chi connectivity index (χ1n) is 10.3. The Morgan fingerprint density at radius 3 is 2.27 bits per heavy atom. The molecule has 1 unspecified atom stereocenters. The van der Waals surface area contributed by atoms with Gasteiger partial charge in [0, 0.05) is 16.3 Å². The molecule has 162 valence electrons. The van der Waals surface area contributed by atoms with Crippen LogP contribution in [0.1, 0.15) is 17.2 Å². The summed E-state index contributed by atoms with van der Waals surface area (Å²) in [6, 6.07) is 25.0. The summed E-state index contributed by atoms with van der Waals surface area (Å²) in [4.78, 5) is 27.7. The lowest BCUT2D eigenvalue weighted by Crippen LogP contribution is -2.29. The van der Waals surface area contributed by atoms with Gasteiger partial charge in [0.2, 0.25) is 0 Å². The van der Waals surface area contributed by atoms with Crippen LogP contribution in [0.25, 0.3) is 16.5 Å². The summed E-state index contributed by atoms with van der Waals surface area (Å²) in [5.41, 5.74) is 1.40. The summed E-state index contributed by atoms with van der Waals surface area (Å²) in [6.45, 7) is 0. The minimum absolute atomic E-state index is 0.0269. The molecule has 1 atom stereocenters. The van der Waals surface area contributed by atoms with Gasteiger partial charge >= 0.3 is 0 Å². The molecule has 4 aromatic rings. The molecule has 1 fully saturated rings. The Labute approximate surface area is 194 Å². The number of aliphatic hydroxyl groups is 1. The van der Waals surface area contributed by atoms with Crippen molar-refractivity contribution in [1.29, 1.82) is 0 Å². The second-order valence-electron chi connectivity index (χ2n) is 7.80. The lowest BCUT2D eigenvalue weighted by molar-refractivity contribution is -0.132. The quantitative estimate of drug-likeness (QED) is 0.231. The van der Waals surface area contributed by atoms with Gasteiger partial charge in [0.05, 0.1) is 11.6 Å². The molecule has 0 saturated carbocycles. The molecule has 1 amide bonds. The number of hydrogen-bond donors (Lipinski definition) is 2. The topological polar surface area (TPSA) is 77.8 Å². The number of rotatable bonds is 3. The third kappa shape index (κ3) is 3.62. The number of aliphatic hydroxyl groups excluding tert-OH is 1. The van der Waals surface area contributed by atoms with E-state index in [-0.39, 0.29) is 17.1 Å². The Balaban J connectivity index is 1.73. The van der Waals surface area contributed by atoms with Gasteiger partial charge in [0.15, 0.2) is 0 Å². The van der Waals surface area contributed by atoms with Crippen molar-refractivity contribution in [1.82, 2.24) is 0 Å². The average molecular weight is 456 g/mol. The number of anilines is 1. The number of phenols is 1. The standard InChI is InChI=1S/C27H18ClNO4/c28-20-6-3-7-21(15-20)29-24(17-10-12-22(30)13-11-17)23(26(32)27(29)33)25(31)19-9-8-16-4-1-2-5-18(16)14-19/h1-15,24,30-31H/b25-23-. The molecule has 1 aliphatic heterocycles. The van der Waals surface area contributed by atoms with Crippen molar-refractivity contribution in [2.45, 2.75) is 6.04 Å². The third-order valence-electron chi connectivity index (χ3n) is 5.76. The lowest BCUT2D eigenvalue weighted by atomic mass is 9.94. The zero-order valence-corrected chi connectivity index (χ0v) is 18.0. The van der Waals surface area contributed by atoms with Crippen LogP contribution in [0.5, 0.6) is 5.75 Å². The van der Waals surface area contributed by atoms with Gasteiger partial charge in [-0.25, -0.2) is 0 Å². The number of nitrogens with zero attached hydrogens (tertiary/aromatic N) is 1. The normalized spacial score (nSPS) is 17.6. The molecule has 4 aromatic carbocycles. The van der Waals surface area contributed by atoms with E-state index in [2.05, 4.69) is 0 Å². The predicted octanol–water partition coefficient (Wildman–Crippen LogP) is 5.83. The number of carbonyl (C=O) groups excluding carboxylic acids is 2. The van der Waals surface area contributed by atoms with E-state index in [0.29, 0.717) is 21.8 Å². The van der Waals surface area contributed by atoms with Gasteiger partial charge in [-0.1, -0.05) is 66.2 Å². The van der Waals surface area contributed by atoms with Crippen molar-refractivity contribution in [2.75, 3.05) is 4.90 Å². The van der Waals surface area contributed by atoms with Gasteiger partial charge in [-0.2, -0.15) is 0 Å². The maximum atomic E-state index is 13.2. The van der Waals surface area contributed by atoms with Crippen LogP contribution in [0, 0.1) is 0 Å². The van der Waals surface area contributed by atoms with E-state index in [1.165, 1.54) is 17.0 Å². The van der Waals surface area contributed by atoms with E-state index in [1.807, 2.05) is 30.3 Å². The van der Waals surface area contributed by atoms with Crippen LogP contribution >= 0.6 is 11.6 Å². The van der Waals surface area contributed by atoms with Gasteiger partial charge in [0.25, 0.3) is 11.7 Å². The number of carbonyl (C=O) groups is 2. The smallest absolute Gasteiger partial charge is 0.300 e. The van der Waals surface area contributed by atoms with Gasteiger partial charge in [0.1, 0.15) is 11.5 Å². The summed E-state index contributed by atoms with van der Waals surface area (Å²) in [5, 5.41) is 23.3. The number of halogens is 1. The molecule has 0 aliphatic carbocycles. The Hall–Kier alpha value is -4.09. The van der Waals surface area contributed by atoms with E-state index < -0.39 is 17.7 Å². The van der Waals surface area contributed by atoms with Gasteiger partial charge in [-0.3, -0.25) is 14.5 Å². The summed E-state index contributed by atoms with van der Waals surface area (Å²) in [7, 11) is 0. The number of fused-ring (bicyclic) bond motifs is 1. The fourth-order valence-corrected chi connectivity index (χ4v) is 4.37. The number of amides is 1. The molecule has 5 rings (SSSR count). The van der Waals surface area contributed by atoms with E-state index in [4.69, 9.17) is 11.6 Å². The van der Waals surface area contributed by atoms with Crippen molar-refractivity contribution in [2.24, 2.45) is 0 Å². The van der Waals surface area contributed by atoms with Crippen LogP contribution in [0.2, 0.25) is 5.02 Å². The molecular weight excluding hydrogens is 438 g/mol. The molecule has 0 aromatic heterocycles. The number of phenolic OH excluding ortho intramolecular Hbond substituents is 1. The molecule has 0 spiro atoms. The Bertz CT molecular complexity index is 1440. The van der Waals surface area contributed by atoms with Gasteiger partial charge in [-0.15, -0.1) is 0 Å². The number of ketones is 1. The second-order valence-corrected chi connectivity index (χ2v) is 8.24. The highest BCUT2D eigenvalue weighted by Crippen LogP contribution is 2.43. The molecule has 2 N–H and O–H groups in total. The van der Waals surface area contributed by atoms with E-state index in [1.54, 1.807) is 48.5 Å². The maximum Gasteiger partial charge on any atom is 0.300 e. The monoisotopic (exact) mass is 455 g/mol. The summed E-state index contributed by atoms with van der Waals surface area (Å²) >= 11 is 6.15. The lowest BCUT2D eigenvalue weighted by Gasteiger charge is -2.25. The van der Waals surface area contributed by atoms with E-state index in [0.717, 1.165) is 10.8 Å². The largest absolute Gasteiger partial charge is 0.508 e. The van der Waals surface area contributed by atoms with Crippen LogP contribution in [0.15, 0.2) is 96.6 Å². The molecule has 0 radical (unpaired) electrons. The highest BCUT2D eigenvalue weighted by atomic mass is 35.5. The average Bonchev–Trinajstić information content (AvgIpc) is 3.09. The zero-order chi connectivity index (χ0) is 23.1. The molecule has 0 bridgehead atoms. The van der Waals surface area contributed by atoms with Crippen molar-refractivity contribution in [3.8, 4) is 5.75 Å². The Morgan fingerprint density at radius 1 is 0.818 bits per heavy atom. The minimum Gasteiger partial charge on any atom is -0.508 e. The van der Waals surface area contributed by atoms with Crippen molar-refractivity contribution in [3.63, 3.8) is 0 Å².